The summed E-state index contributed by atoms with van der Waals surface area (Å²) in [6.07, 6.45) is 9.76. The third kappa shape index (κ3) is 3.50. The van der Waals surface area contributed by atoms with Gasteiger partial charge in [-0.3, -0.25) is 4.90 Å². The zero-order valence-corrected chi connectivity index (χ0v) is 13.9. The Balaban J connectivity index is 1.38. The molecule has 0 amide bonds. The zero-order chi connectivity index (χ0) is 15.5. The summed E-state index contributed by atoms with van der Waals surface area (Å²) in [5.74, 6) is 2.01. The lowest BCUT2D eigenvalue weighted by Crippen LogP contribution is -2.32. The minimum absolute atomic E-state index is 0.979. The lowest BCUT2D eigenvalue weighted by Gasteiger charge is -2.29. The molecule has 0 atom stereocenters. The monoisotopic (exact) mass is 309 g/mol. The highest BCUT2D eigenvalue weighted by molar-refractivity contribution is 5.55. The zero-order valence-electron chi connectivity index (χ0n) is 13.9. The molecule has 122 valence electrons. The van der Waals surface area contributed by atoms with Gasteiger partial charge in [0.25, 0.3) is 0 Å². The Morgan fingerprint density at radius 1 is 1.09 bits per heavy atom. The molecule has 1 aromatic heterocycles. The number of fused-ring (bicyclic) bond motifs is 1. The molecule has 1 aliphatic heterocycles. The highest BCUT2D eigenvalue weighted by Crippen LogP contribution is 2.28. The Morgan fingerprint density at radius 2 is 1.91 bits per heavy atom. The van der Waals surface area contributed by atoms with E-state index in [0.29, 0.717) is 0 Å². The van der Waals surface area contributed by atoms with Gasteiger partial charge in [-0.05, 0) is 18.9 Å². The Kier molecular flexibility index (Phi) is 4.47. The van der Waals surface area contributed by atoms with E-state index < -0.39 is 0 Å². The number of rotatable bonds is 4. The first-order valence-corrected chi connectivity index (χ1v) is 9.24. The Morgan fingerprint density at radius 3 is 2.74 bits per heavy atom. The Hall–Kier alpha value is -1.61. The van der Waals surface area contributed by atoms with Crippen molar-refractivity contribution in [1.29, 1.82) is 0 Å². The maximum atomic E-state index is 4.82. The molecule has 1 saturated carbocycles. The van der Waals surface area contributed by atoms with Crippen molar-refractivity contribution in [3.05, 3.63) is 41.7 Å². The van der Waals surface area contributed by atoms with E-state index in [4.69, 9.17) is 4.98 Å². The standard InChI is InChI=1S/C20H27N3/c1-3-7-16(8-4-1)11-13-23-14-12-18-19(15-23)22-20(21-18)17-9-5-2-6-10-17/h2,5-6,9-10,16H,1,3-4,7-8,11-15H2,(H,21,22). The first-order valence-electron chi connectivity index (χ1n) is 9.24. The fraction of sp³-hybridized carbons (Fsp3) is 0.550. The molecule has 3 nitrogen and oxygen atoms in total. The van der Waals surface area contributed by atoms with E-state index in [9.17, 15) is 0 Å². The number of benzene rings is 1. The molecule has 23 heavy (non-hydrogen) atoms. The number of nitrogens with zero attached hydrogens (tertiary/aromatic N) is 2. The quantitative estimate of drug-likeness (QED) is 0.907. The molecule has 2 aliphatic rings. The average Bonchev–Trinajstić information content (AvgIpc) is 3.05. The predicted octanol–water partition coefficient (Wildman–Crippen LogP) is 4.41. The molecule has 2 aromatic rings. The van der Waals surface area contributed by atoms with Crippen molar-refractivity contribution in [3.63, 3.8) is 0 Å². The fourth-order valence-electron chi connectivity index (χ4n) is 4.11. The molecule has 0 unspecified atom stereocenters. The average molecular weight is 309 g/mol. The van der Waals surface area contributed by atoms with Crippen LogP contribution < -0.4 is 0 Å². The summed E-state index contributed by atoms with van der Waals surface area (Å²) in [7, 11) is 0. The molecule has 1 fully saturated rings. The molecular formula is C20H27N3. The van der Waals surface area contributed by atoms with Gasteiger partial charge in [0.2, 0.25) is 0 Å². The van der Waals surface area contributed by atoms with Gasteiger partial charge in [0.05, 0.1) is 11.4 Å². The summed E-state index contributed by atoms with van der Waals surface area (Å²) in [6.45, 7) is 3.46. The smallest absolute Gasteiger partial charge is 0.137 e. The van der Waals surface area contributed by atoms with Gasteiger partial charge in [0, 0.05) is 25.1 Å². The predicted molar refractivity (Wildman–Crippen MR) is 94.2 cm³/mol. The maximum absolute atomic E-state index is 4.82. The first-order chi connectivity index (χ1) is 11.4. The number of nitrogens with one attached hydrogen (secondary N) is 1. The number of H-pyrrole nitrogens is 1. The second-order valence-electron chi connectivity index (χ2n) is 7.20. The van der Waals surface area contributed by atoms with Crippen LogP contribution in [0, 0.1) is 5.92 Å². The molecule has 0 saturated heterocycles. The molecule has 1 aliphatic carbocycles. The highest BCUT2D eigenvalue weighted by Gasteiger charge is 2.22. The van der Waals surface area contributed by atoms with Crippen LogP contribution in [0.3, 0.4) is 0 Å². The summed E-state index contributed by atoms with van der Waals surface area (Å²) in [6, 6.07) is 10.5. The van der Waals surface area contributed by atoms with E-state index in [1.807, 2.05) is 0 Å². The van der Waals surface area contributed by atoms with Gasteiger partial charge in [-0.1, -0.05) is 62.4 Å². The molecular weight excluding hydrogens is 282 g/mol. The van der Waals surface area contributed by atoms with Crippen molar-refractivity contribution in [2.45, 2.75) is 51.5 Å². The summed E-state index contributed by atoms with van der Waals surface area (Å²) < 4.78 is 0. The van der Waals surface area contributed by atoms with Crippen LogP contribution in [0.5, 0.6) is 0 Å². The topological polar surface area (TPSA) is 31.9 Å². The van der Waals surface area contributed by atoms with Gasteiger partial charge in [-0.15, -0.1) is 0 Å². The minimum Gasteiger partial charge on any atom is -0.341 e. The van der Waals surface area contributed by atoms with Gasteiger partial charge >= 0.3 is 0 Å². The second-order valence-corrected chi connectivity index (χ2v) is 7.20. The molecule has 4 rings (SSSR count). The van der Waals surface area contributed by atoms with Gasteiger partial charge in [-0.2, -0.15) is 0 Å². The second kappa shape index (κ2) is 6.88. The van der Waals surface area contributed by atoms with Crippen LogP contribution in [0.25, 0.3) is 11.4 Å². The fourth-order valence-corrected chi connectivity index (χ4v) is 4.11. The van der Waals surface area contributed by atoms with E-state index in [2.05, 4.69) is 40.2 Å². The van der Waals surface area contributed by atoms with E-state index in [0.717, 1.165) is 24.7 Å². The third-order valence-electron chi connectivity index (χ3n) is 5.54. The number of imidazole rings is 1. The van der Waals surface area contributed by atoms with Crippen molar-refractivity contribution < 1.29 is 0 Å². The van der Waals surface area contributed by atoms with Gasteiger partial charge in [0.1, 0.15) is 5.82 Å². The van der Waals surface area contributed by atoms with Crippen molar-refractivity contribution in [1.82, 2.24) is 14.9 Å². The summed E-state index contributed by atoms with van der Waals surface area (Å²) in [4.78, 5) is 11.0. The molecule has 2 heterocycles. The number of hydrogen-bond acceptors (Lipinski definition) is 2. The van der Waals surface area contributed by atoms with Crippen LogP contribution in [-0.4, -0.2) is 28.0 Å². The van der Waals surface area contributed by atoms with Crippen molar-refractivity contribution in [2.75, 3.05) is 13.1 Å². The van der Waals surface area contributed by atoms with E-state index in [1.54, 1.807) is 0 Å². The summed E-state index contributed by atoms with van der Waals surface area (Å²) in [5.41, 5.74) is 3.80. The summed E-state index contributed by atoms with van der Waals surface area (Å²) in [5, 5.41) is 0. The van der Waals surface area contributed by atoms with Crippen LogP contribution >= 0.6 is 0 Å². The molecule has 0 bridgehead atoms. The lowest BCUT2D eigenvalue weighted by molar-refractivity contribution is 0.214. The van der Waals surface area contributed by atoms with Gasteiger partial charge in [-0.25, -0.2) is 4.98 Å². The van der Waals surface area contributed by atoms with Crippen LogP contribution in [0.1, 0.15) is 49.9 Å². The minimum atomic E-state index is 0.979. The largest absolute Gasteiger partial charge is 0.341 e. The first kappa shape index (κ1) is 14.9. The van der Waals surface area contributed by atoms with Gasteiger partial charge < -0.3 is 4.98 Å². The third-order valence-corrected chi connectivity index (χ3v) is 5.54. The lowest BCUT2D eigenvalue weighted by atomic mass is 9.87. The van der Waals surface area contributed by atoms with E-state index in [-0.39, 0.29) is 0 Å². The molecule has 1 aromatic carbocycles. The van der Waals surface area contributed by atoms with Crippen LogP contribution in [-0.2, 0) is 13.0 Å². The van der Waals surface area contributed by atoms with E-state index >= 15 is 0 Å². The summed E-state index contributed by atoms with van der Waals surface area (Å²) >= 11 is 0. The van der Waals surface area contributed by atoms with Crippen LogP contribution in [0.2, 0.25) is 0 Å². The Bertz CT molecular complexity index is 626. The Labute approximate surface area is 139 Å². The number of aromatic nitrogens is 2. The molecule has 3 heteroatoms. The maximum Gasteiger partial charge on any atom is 0.137 e. The van der Waals surface area contributed by atoms with Crippen molar-refractivity contribution in [3.8, 4) is 11.4 Å². The molecule has 1 N–H and O–H groups in total. The SMILES string of the molecule is c1ccc(-c2nc3c([nH]2)CN(CCC2CCCCC2)CC3)cc1. The molecule has 0 spiro atoms. The van der Waals surface area contributed by atoms with E-state index in [1.165, 1.54) is 68.6 Å². The number of hydrogen-bond donors (Lipinski definition) is 1. The van der Waals surface area contributed by atoms with Gasteiger partial charge in [0.15, 0.2) is 0 Å². The van der Waals surface area contributed by atoms with Crippen LogP contribution in [0.15, 0.2) is 30.3 Å². The normalized spacial score (nSPS) is 19.7. The molecule has 0 radical (unpaired) electrons. The van der Waals surface area contributed by atoms with Crippen LogP contribution in [0.4, 0.5) is 0 Å². The van der Waals surface area contributed by atoms with Crippen molar-refractivity contribution in [2.24, 2.45) is 5.92 Å². The highest BCUT2D eigenvalue weighted by atomic mass is 15.2. The number of aromatic amines is 1. The van der Waals surface area contributed by atoms with Crippen molar-refractivity contribution >= 4 is 0 Å².